The summed E-state index contributed by atoms with van der Waals surface area (Å²) >= 11 is 0. The maximum Gasteiger partial charge on any atom is 0.356 e. The van der Waals surface area contributed by atoms with Gasteiger partial charge in [-0.1, -0.05) is 13.8 Å². The summed E-state index contributed by atoms with van der Waals surface area (Å²) in [4.78, 5) is 25.8. The molecule has 0 aromatic carbocycles. The number of esters is 1. The summed E-state index contributed by atoms with van der Waals surface area (Å²) < 4.78 is 4.93. The third kappa shape index (κ3) is 3.71. The van der Waals surface area contributed by atoms with Crippen molar-refractivity contribution in [2.24, 2.45) is 0 Å². The lowest BCUT2D eigenvalue weighted by molar-refractivity contribution is 0.0518. The van der Waals surface area contributed by atoms with Crippen molar-refractivity contribution in [1.82, 2.24) is 15.1 Å². The van der Waals surface area contributed by atoms with Crippen LogP contribution in [0.5, 0.6) is 0 Å². The molecule has 116 valence electrons. The number of ketones is 1. The van der Waals surface area contributed by atoms with Gasteiger partial charge in [0.1, 0.15) is 11.4 Å². The number of ether oxygens (including phenoxy) is 1. The van der Waals surface area contributed by atoms with Crippen molar-refractivity contribution < 1.29 is 14.3 Å². The van der Waals surface area contributed by atoms with E-state index >= 15 is 0 Å². The first-order valence-electron chi connectivity index (χ1n) is 7.20. The van der Waals surface area contributed by atoms with Gasteiger partial charge >= 0.3 is 5.97 Å². The van der Waals surface area contributed by atoms with Crippen molar-refractivity contribution in [3.8, 4) is 0 Å². The lowest BCUT2D eigenvalue weighted by Gasteiger charge is -2.15. The molecule has 0 fully saturated rings. The van der Waals surface area contributed by atoms with E-state index in [1.807, 2.05) is 32.8 Å². The normalized spacial score (nSPS) is 15.1. The van der Waals surface area contributed by atoms with Gasteiger partial charge in [0.15, 0.2) is 0 Å². The van der Waals surface area contributed by atoms with Crippen LogP contribution in [0.25, 0.3) is 0 Å². The fourth-order valence-electron chi connectivity index (χ4n) is 2.13. The van der Waals surface area contributed by atoms with Gasteiger partial charge in [-0.25, -0.2) is 4.79 Å². The third-order valence-electron chi connectivity index (χ3n) is 2.91. The first-order valence-corrected chi connectivity index (χ1v) is 7.20. The van der Waals surface area contributed by atoms with Crippen molar-refractivity contribution in [3.63, 3.8) is 0 Å². The lowest BCUT2D eigenvalue weighted by atomic mass is 9.91. The number of carbonyl (C=O) groups is 2. The maximum atomic E-state index is 12.2. The molecule has 1 N–H and O–H groups in total. The van der Waals surface area contributed by atoms with E-state index in [-0.39, 0.29) is 5.78 Å². The quantitative estimate of drug-likeness (QED) is 0.683. The molecule has 0 aliphatic heterocycles. The standard InChI is InChI=1S/C13H17N3O3.C2H6/c1-4-19-13(18)11-9-6-5-8(7-16(2)3)12(17)10(9)14-15-11;1-2/h7H,4-6H2,1-3H3,(H,14,15);1-2H3/b8-7-;. The minimum atomic E-state index is -0.455. The lowest BCUT2D eigenvalue weighted by Crippen LogP contribution is -2.18. The molecule has 2 rings (SSSR count). The van der Waals surface area contributed by atoms with E-state index in [4.69, 9.17) is 4.74 Å². The molecule has 6 nitrogen and oxygen atoms in total. The summed E-state index contributed by atoms with van der Waals surface area (Å²) in [5, 5.41) is 6.58. The van der Waals surface area contributed by atoms with Crippen LogP contribution in [0.1, 0.15) is 53.7 Å². The first kappa shape index (κ1) is 16.9. The summed E-state index contributed by atoms with van der Waals surface area (Å²) in [6.07, 6.45) is 3.02. The molecule has 1 heterocycles. The highest BCUT2D eigenvalue weighted by atomic mass is 16.5. The summed E-state index contributed by atoms with van der Waals surface area (Å²) in [6.45, 7) is 6.04. The number of aromatic amines is 1. The summed E-state index contributed by atoms with van der Waals surface area (Å²) in [5.74, 6) is -0.578. The molecule has 21 heavy (non-hydrogen) atoms. The van der Waals surface area contributed by atoms with Crippen LogP contribution in [-0.4, -0.2) is 47.6 Å². The monoisotopic (exact) mass is 293 g/mol. The van der Waals surface area contributed by atoms with Crippen molar-refractivity contribution in [3.05, 3.63) is 28.7 Å². The van der Waals surface area contributed by atoms with Gasteiger partial charge < -0.3 is 9.64 Å². The molecule has 0 saturated heterocycles. The first-order chi connectivity index (χ1) is 10.0. The molecule has 1 aliphatic carbocycles. The van der Waals surface area contributed by atoms with Crippen LogP contribution in [0, 0.1) is 0 Å². The largest absolute Gasteiger partial charge is 0.461 e. The molecular weight excluding hydrogens is 270 g/mol. The Kier molecular flexibility index (Phi) is 6.14. The number of Topliss-reactive ketones (excluding diaryl/α,β-unsaturated/α-hetero) is 1. The summed E-state index contributed by atoms with van der Waals surface area (Å²) in [5.41, 5.74) is 2.01. The van der Waals surface area contributed by atoms with E-state index in [1.54, 1.807) is 13.1 Å². The molecule has 0 spiro atoms. The van der Waals surface area contributed by atoms with Crippen LogP contribution in [0.2, 0.25) is 0 Å². The Morgan fingerprint density at radius 1 is 1.38 bits per heavy atom. The van der Waals surface area contributed by atoms with E-state index in [2.05, 4.69) is 10.2 Å². The predicted octanol–water partition coefficient (Wildman–Crippen LogP) is 2.19. The number of rotatable bonds is 3. The molecule has 1 aliphatic rings. The third-order valence-corrected chi connectivity index (χ3v) is 2.91. The van der Waals surface area contributed by atoms with Crippen molar-refractivity contribution >= 4 is 11.8 Å². The fourth-order valence-corrected chi connectivity index (χ4v) is 2.13. The van der Waals surface area contributed by atoms with Gasteiger partial charge in [-0.05, 0) is 19.8 Å². The number of carbonyl (C=O) groups excluding carboxylic acids is 2. The highest BCUT2D eigenvalue weighted by Crippen LogP contribution is 2.26. The SMILES string of the molecule is CC.CCOC(=O)c1[nH]nc2c1CC/C(=C/N(C)C)C2=O. The van der Waals surface area contributed by atoms with E-state index < -0.39 is 5.97 Å². The van der Waals surface area contributed by atoms with Gasteiger partial charge in [0, 0.05) is 31.4 Å². The van der Waals surface area contributed by atoms with Crippen LogP contribution < -0.4 is 0 Å². The Labute approximate surface area is 125 Å². The minimum Gasteiger partial charge on any atom is -0.461 e. The molecule has 0 unspecified atom stereocenters. The number of H-pyrrole nitrogens is 1. The molecule has 0 bridgehead atoms. The number of nitrogens with one attached hydrogen (secondary N) is 1. The Morgan fingerprint density at radius 3 is 2.62 bits per heavy atom. The summed E-state index contributed by atoms with van der Waals surface area (Å²) in [6, 6.07) is 0. The fraction of sp³-hybridized carbons (Fsp3) is 0.533. The molecule has 0 amide bonds. The van der Waals surface area contributed by atoms with Crippen LogP contribution in [0.15, 0.2) is 11.8 Å². The molecule has 0 saturated carbocycles. The maximum absolute atomic E-state index is 12.2. The average Bonchev–Trinajstić information content (AvgIpc) is 2.89. The number of nitrogens with zero attached hydrogens (tertiary/aromatic N) is 2. The van der Waals surface area contributed by atoms with Crippen LogP contribution in [0.3, 0.4) is 0 Å². The van der Waals surface area contributed by atoms with Gasteiger partial charge in [-0.15, -0.1) is 0 Å². The van der Waals surface area contributed by atoms with E-state index in [1.165, 1.54) is 0 Å². The number of hydrogen-bond acceptors (Lipinski definition) is 5. The smallest absolute Gasteiger partial charge is 0.356 e. The molecule has 0 atom stereocenters. The van der Waals surface area contributed by atoms with Crippen LogP contribution in [0.4, 0.5) is 0 Å². The molecule has 6 heteroatoms. The molecule has 1 aromatic rings. The second kappa shape index (κ2) is 7.61. The van der Waals surface area contributed by atoms with Crippen molar-refractivity contribution in [1.29, 1.82) is 0 Å². The zero-order valence-electron chi connectivity index (χ0n) is 13.3. The van der Waals surface area contributed by atoms with Crippen molar-refractivity contribution in [2.45, 2.75) is 33.6 Å². The zero-order valence-corrected chi connectivity index (χ0v) is 13.3. The Morgan fingerprint density at radius 2 is 2.05 bits per heavy atom. The Balaban J connectivity index is 0.00000106. The minimum absolute atomic E-state index is 0.123. The number of allylic oxidation sites excluding steroid dienone is 1. The highest BCUT2D eigenvalue weighted by molar-refractivity contribution is 6.10. The Hall–Kier alpha value is -2.11. The van der Waals surface area contributed by atoms with Gasteiger partial charge in [0.25, 0.3) is 0 Å². The van der Waals surface area contributed by atoms with Gasteiger partial charge in [-0.2, -0.15) is 5.10 Å². The molecular formula is C15H23N3O3. The van der Waals surface area contributed by atoms with Crippen LogP contribution >= 0.6 is 0 Å². The van der Waals surface area contributed by atoms with E-state index in [0.29, 0.717) is 42.0 Å². The number of hydrogen-bond donors (Lipinski definition) is 1. The second-order valence-electron chi connectivity index (χ2n) is 4.59. The van der Waals surface area contributed by atoms with E-state index in [0.717, 1.165) is 0 Å². The van der Waals surface area contributed by atoms with E-state index in [9.17, 15) is 9.59 Å². The topological polar surface area (TPSA) is 75.3 Å². The van der Waals surface area contributed by atoms with Crippen LogP contribution in [-0.2, 0) is 11.2 Å². The zero-order chi connectivity index (χ0) is 16.0. The molecule has 0 radical (unpaired) electrons. The summed E-state index contributed by atoms with van der Waals surface area (Å²) in [7, 11) is 3.73. The average molecular weight is 293 g/mol. The number of aromatic nitrogens is 2. The van der Waals surface area contributed by atoms with Gasteiger partial charge in [0.2, 0.25) is 5.78 Å². The van der Waals surface area contributed by atoms with Gasteiger partial charge in [-0.3, -0.25) is 9.89 Å². The highest BCUT2D eigenvalue weighted by Gasteiger charge is 2.30. The number of fused-ring (bicyclic) bond motifs is 1. The Bertz CT molecular complexity index is 544. The molecule has 1 aromatic heterocycles. The van der Waals surface area contributed by atoms with Gasteiger partial charge in [0.05, 0.1) is 6.61 Å². The second-order valence-corrected chi connectivity index (χ2v) is 4.59. The predicted molar refractivity (Wildman–Crippen MR) is 80.3 cm³/mol. The van der Waals surface area contributed by atoms with Crippen molar-refractivity contribution in [2.75, 3.05) is 20.7 Å².